The second kappa shape index (κ2) is 2.89. The van der Waals surface area contributed by atoms with E-state index in [9.17, 15) is 4.79 Å². The highest BCUT2D eigenvalue weighted by Crippen LogP contribution is 2.51. The van der Waals surface area contributed by atoms with Crippen molar-refractivity contribution in [1.82, 2.24) is 0 Å². The maximum atomic E-state index is 10.9. The van der Waals surface area contributed by atoms with E-state index in [1.54, 1.807) is 6.07 Å². The van der Waals surface area contributed by atoms with Gasteiger partial charge in [-0.3, -0.25) is 4.79 Å². The lowest BCUT2D eigenvalue weighted by Gasteiger charge is -2.06. The molecule has 0 bridgehead atoms. The Balaban J connectivity index is 1.90. The van der Waals surface area contributed by atoms with Crippen LogP contribution in [0.4, 0.5) is 0 Å². The number of carboxylic acids is 1. The summed E-state index contributed by atoms with van der Waals surface area (Å²) in [6.07, 6.45) is 0.474. The third-order valence-electron chi connectivity index (χ3n) is 3.20. The first-order valence-electron chi connectivity index (χ1n) is 5.03. The number of ether oxygens (including phenoxy) is 2. The highest BCUT2D eigenvalue weighted by atomic mass is 16.7. The molecule has 3 rings (SSSR count). The van der Waals surface area contributed by atoms with Crippen LogP contribution in [0, 0.1) is 0 Å². The van der Waals surface area contributed by atoms with Crippen LogP contribution in [0.25, 0.3) is 0 Å². The van der Waals surface area contributed by atoms with Crippen molar-refractivity contribution in [2.45, 2.75) is 17.9 Å². The maximum absolute atomic E-state index is 10.9. The van der Waals surface area contributed by atoms with Gasteiger partial charge in [-0.1, -0.05) is 6.07 Å². The van der Waals surface area contributed by atoms with Gasteiger partial charge in [-0.15, -0.1) is 0 Å². The molecule has 16 heavy (non-hydrogen) atoms. The number of hydrogen-bond acceptors (Lipinski definition) is 4. The van der Waals surface area contributed by atoms with Gasteiger partial charge < -0.3 is 20.3 Å². The summed E-state index contributed by atoms with van der Waals surface area (Å²) in [6.45, 7) is 0.218. The van der Waals surface area contributed by atoms with Gasteiger partial charge in [0.05, 0.1) is 0 Å². The number of benzene rings is 1. The predicted molar refractivity (Wildman–Crippen MR) is 54.5 cm³/mol. The molecular formula is C11H11NO4. The summed E-state index contributed by atoms with van der Waals surface area (Å²) >= 11 is 0. The van der Waals surface area contributed by atoms with Crippen molar-refractivity contribution >= 4 is 5.97 Å². The predicted octanol–water partition coefficient (Wildman–Crippen LogP) is 0.685. The molecule has 1 fully saturated rings. The zero-order chi connectivity index (χ0) is 11.3. The Morgan fingerprint density at radius 2 is 2.19 bits per heavy atom. The van der Waals surface area contributed by atoms with Crippen LogP contribution in [-0.2, 0) is 4.79 Å². The fourth-order valence-electron chi connectivity index (χ4n) is 2.06. The molecule has 0 spiro atoms. The summed E-state index contributed by atoms with van der Waals surface area (Å²) < 4.78 is 10.4. The fraction of sp³-hybridized carbons (Fsp3) is 0.364. The normalized spacial score (nSPS) is 30.2. The third-order valence-corrected chi connectivity index (χ3v) is 3.20. The van der Waals surface area contributed by atoms with E-state index in [1.165, 1.54) is 0 Å². The van der Waals surface area contributed by atoms with Gasteiger partial charge in [0.2, 0.25) is 6.79 Å². The van der Waals surface area contributed by atoms with E-state index in [4.69, 9.17) is 20.3 Å². The Morgan fingerprint density at radius 3 is 2.88 bits per heavy atom. The third kappa shape index (κ3) is 1.18. The average Bonchev–Trinajstić information content (AvgIpc) is 2.75. The molecule has 1 saturated carbocycles. The zero-order valence-electron chi connectivity index (χ0n) is 8.47. The molecule has 0 amide bonds. The number of hydrogen-bond donors (Lipinski definition) is 2. The van der Waals surface area contributed by atoms with E-state index in [2.05, 4.69) is 0 Å². The van der Waals surface area contributed by atoms with Crippen LogP contribution < -0.4 is 15.2 Å². The van der Waals surface area contributed by atoms with Gasteiger partial charge >= 0.3 is 5.97 Å². The van der Waals surface area contributed by atoms with Crippen LogP contribution in [0.2, 0.25) is 0 Å². The quantitative estimate of drug-likeness (QED) is 0.767. The average molecular weight is 221 g/mol. The van der Waals surface area contributed by atoms with E-state index < -0.39 is 11.5 Å². The summed E-state index contributed by atoms with van der Waals surface area (Å²) in [7, 11) is 0. The van der Waals surface area contributed by atoms with E-state index >= 15 is 0 Å². The van der Waals surface area contributed by atoms with Gasteiger partial charge in [0.25, 0.3) is 0 Å². The molecule has 1 aromatic rings. The van der Waals surface area contributed by atoms with Crippen molar-refractivity contribution in [1.29, 1.82) is 0 Å². The van der Waals surface area contributed by atoms with E-state index in [1.807, 2.05) is 12.1 Å². The molecule has 3 N–H and O–H groups in total. The number of nitrogens with two attached hydrogens (primary N) is 1. The Bertz CT molecular complexity index is 473. The van der Waals surface area contributed by atoms with E-state index in [-0.39, 0.29) is 12.7 Å². The molecule has 0 aromatic heterocycles. The van der Waals surface area contributed by atoms with Crippen LogP contribution >= 0.6 is 0 Å². The highest BCUT2D eigenvalue weighted by molar-refractivity contribution is 5.85. The number of fused-ring (bicyclic) bond motifs is 1. The first-order chi connectivity index (χ1) is 7.61. The molecule has 1 heterocycles. The summed E-state index contributed by atoms with van der Waals surface area (Å²) in [5.41, 5.74) is 5.53. The van der Waals surface area contributed by atoms with Gasteiger partial charge in [-0.25, -0.2) is 0 Å². The minimum atomic E-state index is -1.10. The van der Waals surface area contributed by atoms with Gasteiger partial charge in [0, 0.05) is 5.92 Å². The topological polar surface area (TPSA) is 81.8 Å². The van der Waals surface area contributed by atoms with Crippen LogP contribution in [0.3, 0.4) is 0 Å². The van der Waals surface area contributed by atoms with Crippen molar-refractivity contribution in [2.75, 3.05) is 6.79 Å². The molecular weight excluding hydrogens is 210 g/mol. The minimum absolute atomic E-state index is 0.125. The van der Waals surface area contributed by atoms with Gasteiger partial charge in [-0.2, -0.15) is 0 Å². The second-order valence-corrected chi connectivity index (χ2v) is 4.21. The zero-order valence-corrected chi connectivity index (χ0v) is 8.47. The van der Waals surface area contributed by atoms with E-state index in [0.717, 1.165) is 5.56 Å². The van der Waals surface area contributed by atoms with Crippen LogP contribution in [0.5, 0.6) is 11.5 Å². The highest BCUT2D eigenvalue weighted by Gasteiger charge is 2.58. The summed E-state index contributed by atoms with van der Waals surface area (Å²) in [5, 5.41) is 8.96. The van der Waals surface area contributed by atoms with Crippen molar-refractivity contribution in [3.63, 3.8) is 0 Å². The smallest absolute Gasteiger partial charge is 0.324 e. The van der Waals surface area contributed by atoms with Crippen molar-refractivity contribution in [3.8, 4) is 11.5 Å². The van der Waals surface area contributed by atoms with Crippen molar-refractivity contribution in [3.05, 3.63) is 23.8 Å². The summed E-state index contributed by atoms with van der Waals surface area (Å²) in [5.74, 6) is 0.286. The Hall–Kier alpha value is -1.75. The lowest BCUT2D eigenvalue weighted by molar-refractivity contribution is -0.139. The molecule has 2 unspecified atom stereocenters. The fourth-order valence-corrected chi connectivity index (χ4v) is 2.06. The van der Waals surface area contributed by atoms with Gasteiger partial charge in [0.15, 0.2) is 11.5 Å². The number of carbonyl (C=O) groups is 1. The largest absolute Gasteiger partial charge is 0.480 e. The number of aliphatic carboxylic acids is 1. The molecule has 2 aliphatic rings. The summed E-state index contributed by atoms with van der Waals surface area (Å²) in [6, 6.07) is 5.44. The molecule has 84 valence electrons. The molecule has 0 radical (unpaired) electrons. The lowest BCUT2D eigenvalue weighted by atomic mass is 10.1. The molecule has 1 aliphatic carbocycles. The number of carboxylic acid groups (broad SMARTS) is 1. The SMILES string of the molecule is NC1(C(=O)O)CC1c1ccc2c(c1)OCO2. The van der Waals surface area contributed by atoms with Crippen molar-refractivity contribution in [2.24, 2.45) is 5.73 Å². The van der Waals surface area contributed by atoms with Crippen LogP contribution in [0.15, 0.2) is 18.2 Å². The molecule has 1 aliphatic heterocycles. The Kier molecular flexibility index (Phi) is 1.71. The summed E-state index contributed by atoms with van der Waals surface area (Å²) in [4.78, 5) is 10.9. The van der Waals surface area contributed by atoms with Crippen LogP contribution in [0.1, 0.15) is 17.9 Å². The Morgan fingerprint density at radius 1 is 1.44 bits per heavy atom. The molecule has 5 heteroatoms. The van der Waals surface area contributed by atoms with Gasteiger partial charge in [0.1, 0.15) is 5.54 Å². The standard InChI is InChI=1S/C11H11NO4/c12-11(10(13)14)4-7(11)6-1-2-8-9(3-6)16-5-15-8/h1-3,7H,4-5,12H2,(H,13,14). The number of rotatable bonds is 2. The monoisotopic (exact) mass is 221 g/mol. The first kappa shape index (κ1) is 9.47. The molecule has 2 atom stereocenters. The molecule has 1 aromatic carbocycles. The van der Waals surface area contributed by atoms with Crippen LogP contribution in [-0.4, -0.2) is 23.4 Å². The minimum Gasteiger partial charge on any atom is -0.480 e. The second-order valence-electron chi connectivity index (χ2n) is 4.21. The maximum Gasteiger partial charge on any atom is 0.324 e. The van der Waals surface area contributed by atoms with Gasteiger partial charge in [-0.05, 0) is 24.1 Å². The van der Waals surface area contributed by atoms with Crippen molar-refractivity contribution < 1.29 is 19.4 Å². The Labute approximate surface area is 91.8 Å². The first-order valence-corrected chi connectivity index (χ1v) is 5.03. The lowest BCUT2D eigenvalue weighted by Crippen LogP contribution is -2.34. The molecule has 0 saturated heterocycles. The van der Waals surface area contributed by atoms with E-state index in [0.29, 0.717) is 17.9 Å². The molecule has 5 nitrogen and oxygen atoms in total.